The van der Waals surface area contributed by atoms with Crippen LogP contribution in [0, 0.1) is 5.92 Å². The second-order valence-corrected chi connectivity index (χ2v) is 9.13. The van der Waals surface area contributed by atoms with Gasteiger partial charge in [-0.05, 0) is 41.5 Å². The van der Waals surface area contributed by atoms with Crippen LogP contribution in [-0.2, 0) is 14.3 Å². The number of rotatable bonds is 7. The van der Waals surface area contributed by atoms with Gasteiger partial charge >= 0.3 is 12.1 Å². The lowest BCUT2D eigenvalue weighted by Crippen LogP contribution is -2.52. The molecule has 2 amide bonds. The summed E-state index contributed by atoms with van der Waals surface area (Å²) in [4.78, 5) is 37.1. The first-order valence-corrected chi connectivity index (χ1v) is 12.1. The number of amides is 2. The maximum Gasteiger partial charge on any atom is 0.407 e. The molecule has 2 aliphatic rings. The molecule has 34 heavy (non-hydrogen) atoms. The Morgan fingerprint density at radius 3 is 2.21 bits per heavy atom. The summed E-state index contributed by atoms with van der Waals surface area (Å²) >= 11 is 0. The van der Waals surface area contributed by atoms with Crippen molar-refractivity contribution in [1.29, 1.82) is 0 Å². The summed E-state index contributed by atoms with van der Waals surface area (Å²) in [6.45, 7) is 1.97. The van der Waals surface area contributed by atoms with Gasteiger partial charge in [0.2, 0.25) is 5.91 Å². The Labute approximate surface area is 199 Å². The van der Waals surface area contributed by atoms with Crippen molar-refractivity contribution in [2.24, 2.45) is 5.92 Å². The van der Waals surface area contributed by atoms with Crippen LogP contribution in [0.25, 0.3) is 11.1 Å². The van der Waals surface area contributed by atoms with Crippen LogP contribution in [-0.4, -0.2) is 41.8 Å². The quantitative estimate of drug-likeness (QED) is 0.525. The van der Waals surface area contributed by atoms with Crippen LogP contribution in [0.4, 0.5) is 4.79 Å². The number of carbonyl (C=O) groups excluding carboxylic acids is 2. The Balaban J connectivity index is 1.36. The number of aliphatic carboxylic acids is 1. The SMILES string of the molecule is CC[C@@H](NC(=O)OCC1c2ccccc2-c2ccccc21)C(=O)NC1CCCCCC1C(=O)O. The van der Waals surface area contributed by atoms with Crippen LogP contribution in [0.2, 0.25) is 0 Å². The van der Waals surface area contributed by atoms with Crippen molar-refractivity contribution >= 4 is 18.0 Å². The van der Waals surface area contributed by atoms with Crippen LogP contribution < -0.4 is 10.6 Å². The zero-order chi connectivity index (χ0) is 24.1. The summed E-state index contributed by atoms with van der Waals surface area (Å²) in [6, 6.07) is 15.0. The molecule has 7 nitrogen and oxygen atoms in total. The highest BCUT2D eigenvalue weighted by Crippen LogP contribution is 2.44. The lowest BCUT2D eigenvalue weighted by molar-refractivity contribution is -0.143. The molecule has 1 saturated carbocycles. The number of hydrogen-bond donors (Lipinski definition) is 3. The van der Waals surface area contributed by atoms with Gasteiger partial charge in [-0.15, -0.1) is 0 Å². The molecule has 0 saturated heterocycles. The topological polar surface area (TPSA) is 105 Å². The molecule has 3 N–H and O–H groups in total. The minimum absolute atomic E-state index is 0.0608. The number of nitrogens with one attached hydrogen (secondary N) is 2. The molecule has 0 aromatic heterocycles. The summed E-state index contributed by atoms with van der Waals surface area (Å²) in [5.41, 5.74) is 4.53. The Hall–Kier alpha value is -3.35. The normalized spacial score (nSPS) is 20.4. The van der Waals surface area contributed by atoms with Crippen molar-refractivity contribution in [3.05, 3.63) is 59.7 Å². The van der Waals surface area contributed by atoms with Gasteiger partial charge in [-0.2, -0.15) is 0 Å². The van der Waals surface area contributed by atoms with Gasteiger partial charge in [0.05, 0.1) is 5.92 Å². The van der Waals surface area contributed by atoms with Gasteiger partial charge in [0.25, 0.3) is 0 Å². The molecule has 7 heteroatoms. The molecule has 2 aromatic rings. The monoisotopic (exact) mass is 464 g/mol. The third kappa shape index (κ3) is 5.08. The second kappa shape index (κ2) is 10.7. The molecule has 180 valence electrons. The predicted octanol–water partition coefficient (Wildman–Crippen LogP) is 4.45. The van der Waals surface area contributed by atoms with Crippen molar-refractivity contribution in [3.8, 4) is 11.1 Å². The molecule has 0 radical (unpaired) electrons. The molecule has 0 aliphatic heterocycles. The molecule has 2 unspecified atom stereocenters. The van der Waals surface area contributed by atoms with Crippen molar-refractivity contribution in [2.75, 3.05) is 6.61 Å². The molecule has 2 aromatic carbocycles. The van der Waals surface area contributed by atoms with E-state index in [2.05, 4.69) is 34.9 Å². The average Bonchev–Trinajstić information content (AvgIpc) is 2.97. The molecular formula is C27H32N2O5. The molecule has 0 bridgehead atoms. The first kappa shape index (κ1) is 23.8. The molecule has 4 rings (SSSR count). The largest absolute Gasteiger partial charge is 0.481 e. The number of benzene rings is 2. The Morgan fingerprint density at radius 1 is 0.971 bits per heavy atom. The summed E-state index contributed by atoms with van der Waals surface area (Å²) in [6.07, 6.45) is 3.59. The zero-order valence-corrected chi connectivity index (χ0v) is 19.5. The molecule has 3 atom stereocenters. The van der Waals surface area contributed by atoms with E-state index >= 15 is 0 Å². The van der Waals surface area contributed by atoms with Crippen LogP contribution in [0.1, 0.15) is 62.5 Å². The Morgan fingerprint density at radius 2 is 1.59 bits per heavy atom. The van der Waals surface area contributed by atoms with E-state index in [0.29, 0.717) is 19.3 Å². The van der Waals surface area contributed by atoms with E-state index in [0.717, 1.165) is 41.5 Å². The van der Waals surface area contributed by atoms with Gasteiger partial charge < -0.3 is 20.5 Å². The minimum atomic E-state index is -0.884. The van der Waals surface area contributed by atoms with E-state index in [-0.39, 0.29) is 18.4 Å². The van der Waals surface area contributed by atoms with Crippen molar-refractivity contribution in [1.82, 2.24) is 10.6 Å². The third-order valence-electron chi connectivity index (χ3n) is 7.02. The lowest BCUT2D eigenvalue weighted by Gasteiger charge is -2.25. The van der Waals surface area contributed by atoms with E-state index in [4.69, 9.17) is 4.74 Å². The summed E-state index contributed by atoms with van der Waals surface area (Å²) < 4.78 is 5.57. The van der Waals surface area contributed by atoms with E-state index in [1.54, 1.807) is 6.92 Å². The molecule has 2 aliphatic carbocycles. The fraction of sp³-hybridized carbons (Fsp3) is 0.444. The van der Waals surface area contributed by atoms with E-state index < -0.39 is 30.1 Å². The molecule has 0 heterocycles. The summed E-state index contributed by atoms with van der Waals surface area (Å²) in [5.74, 6) is -1.91. The number of carbonyl (C=O) groups is 3. The molecule has 0 spiro atoms. The van der Waals surface area contributed by atoms with Crippen LogP contribution in [0.5, 0.6) is 0 Å². The van der Waals surface area contributed by atoms with Crippen molar-refractivity contribution < 1.29 is 24.2 Å². The standard InChI is InChI=1S/C27H32N2O5/c1-2-23(25(30)28-24-15-5-3-4-14-21(24)26(31)32)29-27(33)34-16-22-19-12-8-6-10-17(19)18-11-7-9-13-20(18)22/h6-13,21-24H,2-5,14-16H2,1H3,(H,28,30)(H,29,33)(H,31,32)/t21?,23-,24?/m1/s1. The number of fused-ring (bicyclic) bond motifs is 3. The number of carboxylic acid groups (broad SMARTS) is 1. The van der Waals surface area contributed by atoms with E-state index in [1.165, 1.54) is 0 Å². The van der Waals surface area contributed by atoms with Crippen molar-refractivity contribution in [2.45, 2.75) is 63.5 Å². The van der Waals surface area contributed by atoms with Gasteiger partial charge in [0, 0.05) is 12.0 Å². The lowest BCUT2D eigenvalue weighted by atomic mass is 9.94. The van der Waals surface area contributed by atoms with E-state index in [1.807, 2.05) is 24.3 Å². The smallest absolute Gasteiger partial charge is 0.407 e. The van der Waals surface area contributed by atoms with Gasteiger partial charge in [-0.3, -0.25) is 9.59 Å². The average molecular weight is 465 g/mol. The van der Waals surface area contributed by atoms with Gasteiger partial charge in [0.1, 0.15) is 12.6 Å². The van der Waals surface area contributed by atoms with E-state index in [9.17, 15) is 19.5 Å². The number of ether oxygens (including phenoxy) is 1. The Bertz CT molecular complexity index is 1010. The number of alkyl carbamates (subject to hydrolysis) is 1. The predicted molar refractivity (Wildman–Crippen MR) is 128 cm³/mol. The third-order valence-corrected chi connectivity index (χ3v) is 7.02. The van der Waals surface area contributed by atoms with Gasteiger partial charge in [-0.25, -0.2) is 4.79 Å². The van der Waals surface area contributed by atoms with Gasteiger partial charge in [-0.1, -0.05) is 74.7 Å². The van der Waals surface area contributed by atoms with Crippen LogP contribution in [0.15, 0.2) is 48.5 Å². The number of hydrogen-bond acceptors (Lipinski definition) is 4. The highest BCUT2D eigenvalue weighted by atomic mass is 16.5. The molecular weight excluding hydrogens is 432 g/mol. The second-order valence-electron chi connectivity index (χ2n) is 9.13. The van der Waals surface area contributed by atoms with Crippen LogP contribution >= 0.6 is 0 Å². The maximum atomic E-state index is 12.9. The maximum absolute atomic E-state index is 12.9. The minimum Gasteiger partial charge on any atom is -0.481 e. The van der Waals surface area contributed by atoms with Crippen molar-refractivity contribution in [3.63, 3.8) is 0 Å². The fourth-order valence-corrected chi connectivity index (χ4v) is 5.19. The highest BCUT2D eigenvalue weighted by molar-refractivity contribution is 5.86. The van der Waals surface area contributed by atoms with Crippen LogP contribution in [0.3, 0.4) is 0 Å². The first-order chi connectivity index (χ1) is 16.5. The molecule has 1 fully saturated rings. The fourth-order valence-electron chi connectivity index (χ4n) is 5.19. The summed E-state index contributed by atoms with van der Waals surface area (Å²) in [7, 11) is 0. The zero-order valence-electron chi connectivity index (χ0n) is 19.5. The Kier molecular flexibility index (Phi) is 7.50. The van der Waals surface area contributed by atoms with Gasteiger partial charge in [0.15, 0.2) is 0 Å². The summed E-state index contributed by atoms with van der Waals surface area (Å²) in [5, 5.41) is 15.1. The highest BCUT2D eigenvalue weighted by Gasteiger charge is 2.33. The number of carboxylic acids is 1. The first-order valence-electron chi connectivity index (χ1n) is 12.1.